The predicted octanol–water partition coefficient (Wildman–Crippen LogP) is 4.76. The summed E-state index contributed by atoms with van der Waals surface area (Å²) in [6, 6.07) is 12.1. The van der Waals surface area contributed by atoms with Gasteiger partial charge in [-0.05, 0) is 75.0 Å². The van der Waals surface area contributed by atoms with E-state index in [9.17, 15) is 4.79 Å². The summed E-state index contributed by atoms with van der Waals surface area (Å²) in [7, 11) is 1.65. The topological polar surface area (TPSA) is 73.2 Å². The molecule has 2 saturated heterocycles. The van der Waals surface area contributed by atoms with Crippen LogP contribution in [0.5, 0.6) is 17.2 Å². The third kappa shape index (κ3) is 4.33. The van der Waals surface area contributed by atoms with Gasteiger partial charge in [0.1, 0.15) is 17.1 Å². The molecule has 3 aromatic rings. The van der Waals surface area contributed by atoms with Crippen molar-refractivity contribution < 1.29 is 23.4 Å². The van der Waals surface area contributed by atoms with Gasteiger partial charge in [0.05, 0.1) is 13.5 Å². The highest BCUT2D eigenvalue weighted by molar-refractivity contribution is 5.94. The van der Waals surface area contributed by atoms with Gasteiger partial charge in [0.15, 0.2) is 11.5 Å². The zero-order valence-corrected chi connectivity index (χ0v) is 20.2. The third-order valence-corrected chi connectivity index (χ3v) is 7.77. The number of amides is 1. The maximum atomic E-state index is 13.2. The van der Waals surface area contributed by atoms with Gasteiger partial charge in [-0.25, -0.2) is 0 Å². The highest BCUT2D eigenvalue weighted by Crippen LogP contribution is 2.42. The van der Waals surface area contributed by atoms with Crippen molar-refractivity contribution in [2.24, 2.45) is 5.92 Å². The smallest absolute Gasteiger partial charge is 0.231 e. The van der Waals surface area contributed by atoms with Crippen LogP contribution in [0.4, 0.5) is 0 Å². The van der Waals surface area contributed by atoms with Crippen LogP contribution in [0.15, 0.2) is 40.8 Å². The number of piperidine rings is 2. The molecule has 1 aromatic heterocycles. The number of carbonyl (C=O) groups is 1. The molecule has 2 atom stereocenters. The lowest BCUT2D eigenvalue weighted by atomic mass is 9.83. The molecule has 4 heterocycles. The fraction of sp³-hybridized carbons (Fsp3) is 0.464. The number of ether oxygens (including phenoxy) is 3. The lowest BCUT2D eigenvalue weighted by Crippen LogP contribution is -2.51. The van der Waals surface area contributed by atoms with Gasteiger partial charge in [-0.1, -0.05) is 6.42 Å². The molecular formula is C28H32N2O5. The van der Waals surface area contributed by atoms with E-state index >= 15 is 0 Å². The van der Waals surface area contributed by atoms with E-state index in [2.05, 4.69) is 10.2 Å². The van der Waals surface area contributed by atoms with Crippen molar-refractivity contribution >= 4 is 16.9 Å². The molecule has 0 aliphatic carbocycles. The van der Waals surface area contributed by atoms with Crippen LogP contribution >= 0.6 is 0 Å². The number of nitrogens with zero attached hydrogens (tertiary/aromatic N) is 1. The van der Waals surface area contributed by atoms with Gasteiger partial charge < -0.3 is 28.8 Å². The molecule has 2 aromatic carbocycles. The molecule has 1 N–H and O–H groups in total. The molecule has 0 bridgehead atoms. The van der Waals surface area contributed by atoms with E-state index in [1.165, 1.54) is 45.2 Å². The zero-order chi connectivity index (χ0) is 23.8. The number of benzene rings is 2. The van der Waals surface area contributed by atoms with Crippen LogP contribution in [0.25, 0.3) is 22.3 Å². The fourth-order valence-corrected chi connectivity index (χ4v) is 5.97. The predicted molar refractivity (Wildman–Crippen MR) is 133 cm³/mol. The molecule has 3 aliphatic rings. The Balaban J connectivity index is 1.25. The highest BCUT2D eigenvalue weighted by Gasteiger charge is 2.33. The molecule has 7 heteroatoms. The summed E-state index contributed by atoms with van der Waals surface area (Å²) in [6.45, 7) is 3.34. The van der Waals surface area contributed by atoms with E-state index in [0.717, 1.165) is 28.8 Å². The highest BCUT2D eigenvalue weighted by atomic mass is 16.7. The van der Waals surface area contributed by atoms with Crippen LogP contribution in [0.3, 0.4) is 0 Å². The lowest BCUT2D eigenvalue weighted by molar-refractivity contribution is -0.120. The number of furan rings is 1. The Morgan fingerprint density at radius 3 is 2.69 bits per heavy atom. The molecular weight excluding hydrogens is 444 g/mol. The average Bonchev–Trinajstić information content (AvgIpc) is 3.50. The van der Waals surface area contributed by atoms with Gasteiger partial charge in [-0.2, -0.15) is 0 Å². The normalized spacial score (nSPS) is 21.6. The lowest BCUT2D eigenvalue weighted by Gasteiger charge is -2.44. The van der Waals surface area contributed by atoms with Crippen molar-refractivity contribution in [1.29, 1.82) is 0 Å². The van der Waals surface area contributed by atoms with Gasteiger partial charge in [0.2, 0.25) is 12.7 Å². The number of fused-ring (bicyclic) bond motifs is 3. The second-order valence-corrected chi connectivity index (χ2v) is 9.82. The number of rotatable bonds is 6. The van der Waals surface area contributed by atoms with Crippen molar-refractivity contribution in [2.75, 3.05) is 33.5 Å². The molecule has 6 rings (SSSR count). The van der Waals surface area contributed by atoms with Crippen molar-refractivity contribution in [3.8, 4) is 28.6 Å². The minimum absolute atomic E-state index is 0.0214. The molecule has 0 unspecified atom stereocenters. The third-order valence-electron chi connectivity index (χ3n) is 7.77. The van der Waals surface area contributed by atoms with Crippen LogP contribution in [0.2, 0.25) is 0 Å². The molecule has 35 heavy (non-hydrogen) atoms. The zero-order valence-electron chi connectivity index (χ0n) is 20.2. The molecule has 7 nitrogen and oxygen atoms in total. The summed E-state index contributed by atoms with van der Waals surface area (Å²) >= 11 is 0. The fourth-order valence-electron chi connectivity index (χ4n) is 5.97. The van der Waals surface area contributed by atoms with Crippen LogP contribution < -0.4 is 19.5 Å². The van der Waals surface area contributed by atoms with Crippen molar-refractivity contribution in [3.05, 3.63) is 42.0 Å². The van der Waals surface area contributed by atoms with E-state index in [4.69, 9.17) is 18.6 Å². The molecule has 0 radical (unpaired) electrons. The average molecular weight is 477 g/mol. The summed E-state index contributed by atoms with van der Waals surface area (Å²) in [5.41, 5.74) is 2.45. The van der Waals surface area contributed by atoms with Gasteiger partial charge >= 0.3 is 0 Å². The summed E-state index contributed by atoms with van der Waals surface area (Å²) in [5, 5.41) is 4.14. The first-order valence-corrected chi connectivity index (χ1v) is 12.7. The van der Waals surface area contributed by atoms with Crippen LogP contribution in [0.1, 0.15) is 37.7 Å². The molecule has 0 spiro atoms. The van der Waals surface area contributed by atoms with E-state index in [1.807, 2.05) is 36.4 Å². The number of hydrogen-bond donors (Lipinski definition) is 1. The van der Waals surface area contributed by atoms with Gasteiger partial charge in [0.25, 0.3) is 0 Å². The van der Waals surface area contributed by atoms with Gasteiger partial charge in [-0.15, -0.1) is 0 Å². The van der Waals surface area contributed by atoms with E-state index in [1.54, 1.807) is 7.11 Å². The first-order valence-electron chi connectivity index (χ1n) is 12.7. The molecule has 2 fully saturated rings. The summed E-state index contributed by atoms with van der Waals surface area (Å²) in [6.07, 6.45) is 6.51. The second-order valence-electron chi connectivity index (χ2n) is 9.82. The molecule has 3 aliphatic heterocycles. The monoisotopic (exact) mass is 476 g/mol. The second kappa shape index (κ2) is 9.46. The number of carbonyl (C=O) groups excluding carboxylic acids is 1. The first kappa shape index (κ1) is 22.3. The van der Waals surface area contributed by atoms with Crippen molar-refractivity contribution in [2.45, 2.75) is 44.6 Å². The van der Waals surface area contributed by atoms with Crippen molar-refractivity contribution in [1.82, 2.24) is 10.2 Å². The van der Waals surface area contributed by atoms with Gasteiger partial charge in [-0.3, -0.25) is 4.79 Å². The van der Waals surface area contributed by atoms with E-state index in [-0.39, 0.29) is 19.1 Å². The Bertz CT molecular complexity index is 1220. The Kier molecular flexibility index (Phi) is 6.02. The summed E-state index contributed by atoms with van der Waals surface area (Å²) in [5.74, 6) is 3.36. The Morgan fingerprint density at radius 2 is 1.86 bits per heavy atom. The maximum Gasteiger partial charge on any atom is 0.231 e. The van der Waals surface area contributed by atoms with Gasteiger partial charge in [0, 0.05) is 35.2 Å². The minimum Gasteiger partial charge on any atom is -0.497 e. The number of nitrogens with one attached hydrogen (secondary N) is 1. The Labute approximate surface area is 205 Å². The number of hydrogen-bond acceptors (Lipinski definition) is 6. The molecule has 184 valence electrons. The van der Waals surface area contributed by atoms with Crippen LogP contribution in [0, 0.1) is 5.92 Å². The number of methoxy groups -OCH3 is 1. The Morgan fingerprint density at radius 1 is 1.06 bits per heavy atom. The van der Waals surface area contributed by atoms with Crippen LogP contribution in [-0.2, 0) is 11.2 Å². The summed E-state index contributed by atoms with van der Waals surface area (Å²) in [4.78, 5) is 15.9. The maximum absolute atomic E-state index is 13.2. The standard InChI is InChI=1S/C28H32N2O5/c1-32-20-9-7-18(8-10-20)28-22(21-13-25-26(34-17-33-25)15-24(21)35-28)14-27(31)29-16-19-5-4-12-30-11-3-2-6-23(19)30/h7-10,13,15,19,23H,2-6,11-12,14,16-17H2,1H3,(H,29,31)/t19-,23+/m0/s1. The largest absolute Gasteiger partial charge is 0.497 e. The van der Waals surface area contributed by atoms with Crippen LogP contribution in [-0.4, -0.2) is 50.4 Å². The first-order chi connectivity index (χ1) is 17.2. The molecule has 0 saturated carbocycles. The van der Waals surface area contributed by atoms with E-state index in [0.29, 0.717) is 34.8 Å². The molecule has 1 amide bonds. The SMILES string of the molecule is COc1ccc(-c2oc3cc4c(cc3c2CC(=O)NC[C@@H]2CCCN3CCCC[C@H]23)OCO4)cc1. The minimum atomic E-state index is 0.0214. The van der Waals surface area contributed by atoms with Crippen molar-refractivity contribution in [3.63, 3.8) is 0 Å². The van der Waals surface area contributed by atoms with E-state index < -0.39 is 0 Å². The Hall–Kier alpha value is -3.19. The quantitative estimate of drug-likeness (QED) is 0.553. The summed E-state index contributed by atoms with van der Waals surface area (Å²) < 4.78 is 22.7.